The molecule has 0 aliphatic rings. The summed E-state index contributed by atoms with van der Waals surface area (Å²) in [6.45, 7) is 5.64. The SMILES string of the molecule is Cc1ccc(NC(=O)c2cccc(NS(=O)(=O)c3ccccc3)c2C)c(C)c1. The van der Waals surface area contributed by atoms with Crippen molar-refractivity contribution in [3.8, 4) is 0 Å². The van der Waals surface area contributed by atoms with Crippen LogP contribution in [0.25, 0.3) is 0 Å². The number of anilines is 2. The third-order valence-electron chi connectivity index (χ3n) is 4.51. The van der Waals surface area contributed by atoms with Crippen LogP contribution in [0.3, 0.4) is 0 Å². The summed E-state index contributed by atoms with van der Waals surface area (Å²) in [5.41, 5.74) is 4.15. The number of carbonyl (C=O) groups is 1. The zero-order chi connectivity index (χ0) is 20.3. The molecule has 28 heavy (non-hydrogen) atoms. The first kappa shape index (κ1) is 19.6. The zero-order valence-electron chi connectivity index (χ0n) is 16.0. The summed E-state index contributed by atoms with van der Waals surface area (Å²) in [7, 11) is -3.73. The molecule has 0 unspecified atom stereocenters. The van der Waals surface area contributed by atoms with Crippen LogP contribution in [-0.4, -0.2) is 14.3 Å². The van der Waals surface area contributed by atoms with Crippen LogP contribution in [0.15, 0.2) is 71.6 Å². The highest BCUT2D eigenvalue weighted by molar-refractivity contribution is 7.92. The number of amides is 1. The molecule has 0 radical (unpaired) electrons. The van der Waals surface area contributed by atoms with Crippen molar-refractivity contribution in [2.45, 2.75) is 25.7 Å². The second kappa shape index (κ2) is 7.86. The highest BCUT2D eigenvalue weighted by atomic mass is 32.2. The predicted octanol–water partition coefficient (Wildman–Crippen LogP) is 4.66. The molecule has 0 bridgehead atoms. The van der Waals surface area contributed by atoms with E-state index in [-0.39, 0.29) is 10.8 Å². The van der Waals surface area contributed by atoms with Crippen LogP contribution in [0.4, 0.5) is 11.4 Å². The molecule has 144 valence electrons. The van der Waals surface area contributed by atoms with E-state index in [1.807, 2.05) is 32.0 Å². The molecule has 0 heterocycles. The smallest absolute Gasteiger partial charge is 0.261 e. The number of benzene rings is 3. The molecule has 0 aliphatic carbocycles. The van der Waals surface area contributed by atoms with E-state index in [1.165, 1.54) is 12.1 Å². The first-order valence-electron chi connectivity index (χ1n) is 8.84. The quantitative estimate of drug-likeness (QED) is 0.661. The molecule has 0 saturated carbocycles. The lowest BCUT2D eigenvalue weighted by Gasteiger charge is -2.15. The van der Waals surface area contributed by atoms with Crippen LogP contribution in [0.2, 0.25) is 0 Å². The molecule has 0 atom stereocenters. The van der Waals surface area contributed by atoms with E-state index in [0.717, 1.165) is 16.8 Å². The van der Waals surface area contributed by atoms with Crippen molar-refractivity contribution in [1.29, 1.82) is 0 Å². The van der Waals surface area contributed by atoms with Gasteiger partial charge in [-0.25, -0.2) is 8.42 Å². The summed E-state index contributed by atoms with van der Waals surface area (Å²) in [6, 6.07) is 18.9. The van der Waals surface area contributed by atoms with Crippen LogP contribution in [0.5, 0.6) is 0 Å². The number of carbonyl (C=O) groups excluding carboxylic acids is 1. The lowest BCUT2D eigenvalue weighted by atomic mass is 10.1. The number of sulfonamides is 1. The molecular weight excluding hydrogens is 372 g/mol. The molecule has 3 aromatic rings. The van der Waals surface area contributed by atoms with Gasteiger partial charge in [-0.2, -0.15) is 0 Å². The molecule has 5 nitrogen and oxygen atoms in total. The van der Waals surface area contributed by atoms with Crippen LogP contribution in [0, 0.1) is 20.8 Å². The van der Waals surface area contributed by atoms with Crippen molar-refractivity contribution in [1.82, 2.24) is 0 Å². The van der Waals surface area contributed by atoms with Gasteiger partial charge in [0.1, 0.15) is 0 Å². The Bertz CT molecular complexity index is 1120. The van der Waals surface area contributed by atoms with Gasteiger partial charge in [-0.15, -0.1) is 0 Å². The molecule has 6 heteroatoms. The number of aryl methyl sites for hydroxylation is 2. The molecule has 0 saturated heterocycles. The van der Waals surface area contributed by atoms with Crippen LogP contribution >= 0.6 is 0 Å². The highest BCUT2D eigenvalue weighted by Crippen LogP contribution is 2.24. The third-order valence-corrected chi connectivity index (χ3v) is 5.89. The Labute approximate surface area is 165 Å². The Morgan fingerprint density at radius 1 is 0.821 bits per heavy atom. The minimum atomic E-state index is -3.73. The van der Waals surface area contributed by atoms with Gasteiger partial charge in [0.2, 0.25) is 0 Å². The molecule has 1 amide bonds. The van der Waals surface area contributed by atoms with Gasteiger partial charge in [-0.05, 0) is 62.2 Å². The van der Waals surface area contributed by atoms with E-state index >= 15 is 0 Å². The lowest BCUT2D eigenvalue weighted by molar-refractivity contribution is 0.102. The summed E-state index contributed by atoms with van der Waals surface area (Å²) in [5, 5.41) is 2.90. The van der Waals surface area contributed by atoms with E-state index in [9.17, 15) is 13.2 Å². The van der Waals surface area contributed by atoms with Gasteiger partial charge in [-0.1, -0.05) is 42.0 Å². The van der Waals surface area contributed by atoms with Gasteiger partial charge in [0, 0.05) is 11.3 Å². The summed E-state index contributed by atoms with van der Waals surface area (Å²) in [4.78, 5) is 12.9. The largest absolute Gasteiger partial charge is 0.322 e. The predicted molar refractivity (Wildman–Crippen MR) is 112 cm³/mol. The third kappa shape index (κ3) is 4.23. The minimum absolute atomic E-state index is 0.166. The van der Waals surface area contributed by atoms with Crippen molar-refractivity contribution < 1.29 is 13.2 Å². The summed E-state index contributed by atoms with van der Waals surface area (Å²) in [5.74, 6) is -0.287. The van der Waals surface area contributed by atoms with Gasteiger partial charge in [-0.3, -0.25) is 9.52 Å². The van der Waals surface area contributed by atoms with Gasteiger partial charge >= 0.3 is 0 Å². The topological polar surface area (TPSA) is 75.3 Å². The van der Waals surface area contributed by atoms with Crippen LogP contribution in [0.1, 0.15) is 27.0 Å². The maximum absolute atomic E-state index is 12.8. The fourth-order valence-electron chi connectivity index (χ4n) is 2.94. The van der Waals surface area contributed by atoms with E-state index in [2.05, 4.69) is 10.0 Å². The Balaban J connectivity index is 1.87. The average Bonchev–Trinajstić information content (AvgIpc) is 2.66. The van der Waals surface area contributed by atoms with E-state index < -0.39 is 10.0 Å². The summed E-state index contributed by atoms with van der Waals surface area (Å²) >= 11 is 0. The Morgan fingerprint density at radius 3 is 2.21 bits per heavy atom. The second-order valence-corrected chi connectivity index (χ2v) is 8.35. The molecule has 3 aromatic carbocycles. The molecule has 0 fully saturated rings. The normalized spacial score (nSPS) is 11.1. The fraction of sp³-hybridized carbons (Fsp3) is 0.136. The average molecular weight is 394 g/mol. The van der Waals surface area contributed by atoms with E-state index in [1.54, 1.807) is 43.3 Å². The van der Waals surface area contributed by atoms with E-state index in [4.69, 9.17) is 0 Å². The van der Waals surface area contributed by atoms with Gasteiger partial charge in [0.05, 0.1) is 10.6 Å². The number of hydrogen-bond acceptors (Lipinski definition) is 3. The van der Waals surface area contributed by atoms with Crippen molar-refractivity contribution in [3.63, 3.8) is 0 Å². The molecule has 3 rings (SSSR count). The second-order valence-electron chi connectivity index (χ2n) is 6.67. The van der Waals surface area contributed by atoms with Crippen molar-refractivity contribution in [2.75, 3.05) is 10.0 Å². The van der Waals surface area contributed by atoms with Crippen molar-refractivity contribution >= 4 is 27.3 Å². The molecule has 0 spiro atoms. The maximum atomic E-state index is 12.8. The molecule has 2 N–H and O–H groups in total. The van der Waals surface area contributed by atoms with Crippen LogP contribution in [-0.2, 0) is 10.0 Å². The number of hydrogen-bond donors (Lipinski definition) is 2. The first-order valence-corrected chi connectivity index (χ1v) is 10.3. The zero-order valence-corrected chi connectivity index (χ0v) is 16.8. The fourth-order valence-corrected chi connectivity index (χ4v) is 4.08. The Hall–Kier alpha value is -3.12. The maximum Gasteiger partial charge on any atom is 0.261 e. The van der Waals surface area contributed by atoms with Gasteiger partial charge in [0.15, 0.2) is 0 Å². The van der Waals surface area contributed by atoms with Gasteiger partial charge in [0.25, 0.3) is 15.9 Å². The number of rotatable bonds is 5. The van der Waals surface area contributed by atoms with Gasteiger partial charge < -0.3 is 5.32 Å². The van der Waals surface area contributed by atoms with E-state index in [0.29, 0.717) is 16.8 Å². The molecule has 0 aromatic heterocycles. The molecular formula is C22H22N2O3S. The Kier molecular flexibility index (Phi) is 5.51. The standard InChI is InChI=1S/C22H22N2O3S/c1-15-12-13-20(16(2)14-15)23-22(25)19-10-7-11-21(17(19)3)24-28(26,27)18-8-5-4-6-9-18/h4-14,24H,1-3H3,(H,23,25). The molecule has 0 aliphatic heterocycles. The van der Waals surface area contributed by atoms with Crippen molar-refractivity contribution in [3.05, 3.63) is 89.0 Å². The summed E-state index contributed by atoms with van der Waals surface area (Å²) < 4.78 is 27.8. The van der Waals surface area contributed by atoms with Crippen molar-refractivity contribution in [2.24, 2.45) is 0 Å². The number of nitrogens with one attached hydrogen (secondary N) is 2. The highest BCUT2D eigenvalue weighted by Gasteiger charge is 2.18. The Morgan fingerprint density at radius 2 is 1.54 bits per heavy atom. The first-order chi connectivity index (χ1) is 13.3. The lowest BCUT2D eigenvalue weighted by Crippen LogP contribution is -2.17. The summed E-state index contributed by atoms with van der Waals surface area (Å²) in [6.07, 6.45) is 0. The minimum Gasteiger partial charge on any atom is -0.322 e. The van der Waals surface area contributed by atoms with Crippen LogP contribution < -0.4 is 10.0 Å². The monoisotopic (exact) mass is 394 g/mol.